The Hall–Kier alpha value is -0.950. The van der Waals surface area contributed by atoms with Gasteiger partial charge in [0.25, 0.3) is 0 Å². The standard InChI is InChI=1S/C17H20BrN3OS.ClH/c1-11-8-12(2-3-15(11)18)9-14-10-20-17(23-14)21-16(22)13-4-6-19-7-5-13;/h2-3,8,10,13,19H,4-7,9H2,1H3,(H,20,21,22);1H. The summed E-state index contributed by atoms with van der Waals surface area (Å²) in [5.74, 6) is 0.213. The molecular formula is C17H21BrClN3OS. The van der Waals surface area contributed by atoms with Gasteiger partial charge in [-0.1, -0.05) is 28.1 Å². The molecule has 24 heavy (non-hydrogen) atoms. The molecule has 4 nitrogen and oxygen atoms in total. The Kier molecular flexibility index (Phi) is 7.22. The number of hydrogen-bond donors (Lipinski definition) is 2. The smallest absolute Gasteiger partial charge is 0.229 e. The summed E-state index contributed by atoms with van der Waals surface area (Å²) in [4.78, 5) is 17.7. The van der Waals surface area contributed by atoms with Crippen molar-refractivity contribution >= 4 is 50.7 Å². The van der Waals surface area contributed by atoms with E-state index in [2.05, 4.69) is 56.7 Å². The van der Waals surface area contributed by atoms with Crippen molar-refractivity contribution in [2.75, 3.05) is 18.4 Å². The van der Waals surface area contributed by atoms with Crippen molar-refractivity contribution < 1.29 is 4.79 Å². The maximum atomic E-state index is 12.2. The molecule has 2 N–H and O–H groups in total. The normalized spacial score (nSPS) is 14.9. The molecule has 1 fully saturated rings. The van der Waals surface area contributed by atoms with E-state index in [1.54, 1.807) is 11.3 Å². The Balaban J connectivity index is 0.00000208. The van der Waals surface area contributed by atoms with Crippen LogP contribution in [0.15, 0.2) is 28.9 Å². The van der Waals surface area contributed by atoms with Gasteiger partial charge in [-0.05, 0) is 50.0 Å². The second-order valence-electron chi connectivity index (χ2n) is 5.91. The third-order valence-electron chi connectivity index (χ3n) is 4.09. The molecule has 130 valence electrons. The highest BCUT2D eigenvalue weighted by Crippen LogP contribution is 2.24. The number of piperidine rings is 1. The third-order valence-corrected chi connectivity index (χ3v) is 5.90. The maximum Gasteiger partial charge on any atom is 0.229 e. The summed E-state index contributed by atoms with van der Waals surface area (Å²) in [6.07, 6.45) is 4.51. The van der Waals surface area contributed by atoms with E-state index in [0.29, 0.717) is 5.13 Å². The Bertz CT molecular complexity index is 701. The first kappa shape index (κ1) is 19.4. The lowest BCUT2D eigenvalue weighted by Gasteiger charge is -2.20. The molecule has 3 rings (SSSR count). The number of anilines is 1. The van der Waals surface area contributed by atoms with Gasteiger partial charge < -0.3 is 10.6 Å². The monoisotopic (exact) mass is 429 g/mol. The summed E-state index contributed by atoms with van der Waals surface area (Å²) in [7, 11) is 0. The van der Waals surface area contributed by atoms with Crippen LogP contribution in [0.2, 0.25) is 0 Å². The van der Waals surface area contributed by atoms with Gasteiger partial charge in [0, 0.05) is 27.9 Å². The Labute approximate surface area is 161 Å². The summed E-state index contributed by atoms with van der Waals surface area (Å²) >= 11 is 5.08. The van der Waals surface area contributed by atoms with E-state index in [9.17, 15) is 4.79 Å². The predicted molar refractivity (Wildman–Crippen MR) is 105 cm³/mol. The number of thiazole rings is 1. The van der Waals surface area contributed by atoms with Crippen LogP contribution in [0.3, 0.4) is 0 Å². The topological polar surface area (TPSA) is 54.0 Å². The summed E-state index contributed by atoms with van der Waals surface area (Å²) in [6, 6.07) is 6.37. The van der Waals surface area contributed by atoms with Gasteiger partial charge in [-0.25, -0.2) is 4.98 Å². The Morgan fingerprint density at radius 3 is 2.88 bits per heavy atom. The molecule has 1 saturated heterocycles. The lowest BCUT2D eigenvalue weighted by Crippen LogP contribution is -2.34. The van der Waals surface area contributed by atoms with Crippen LogP contribution < -0.4 is 10.6 Å². The molecule has 0 atom stereocenters. The molecule has 0 aliphatic carbocycles. The van der Waals surface area contributed by atoms with Gasteiger partial charge in [0.1, 0.15) is 0 Å². The average molecular weight is 431 g/mol. The molecule has 1 aromatic carbocycles. The Morgan fingerprint density at radius 2 is 2.17 bits per heavy atom. The number of hydrogen-bond acceptors (Lipinski definition) is 4. The van der Waals surface area contributed by atoms with Crippen LogP contribution in [0.5, 0.6) is 0 Å². The molecule has 0 spiro atoms. The summed E-state index contributed by atoms with van der Waals surface area (Å²) in [6.45, 7) is 3.93. The van der Waals surface area contributed by atoms with Gasteiger partial charge in [0.05, 0.1) is 0 Å². The van der Waals surface area contributed by atoms with Crippen LogP contribution in [0.25, 0.3) is 0 Å². The zero-order chi connectivity index (χ0) is 16.2. The number of nitrogens with zero attached hydrogens (tertiary/aromatic N) is 1. The summed E-state index contributed by atoms with van der Waals surface area (Å²) in [5, 5.41) is 6.95. The van der Waals surface area contributed by atoms with E-state index < -0.39 is 0 Å². The molecular weight excluding hydrogens is 410 g/mol. The highest BCUT2D eigenvalue weighted by Gasteiger charge is 2.21. The van der Waals surface area contributed by atoms with Crippen LogP contribution in [0.4, 0.5) is 5.13 Å². The number of aromatic nitrogens is 1. The molecule has 1 aromatic heterocycles. The average Bonchev–Trinajstić information content (AvgIpc) is 2.99. The summed E-state index contributed by atoms with van der Waals surface area (Å²) in [5.41, 5.74) is 2.48. The molecule has 0 saturated carbocycles. The predicted octanol–water partition coefficient (Wildman–Crippen LogP) is 4.16. The molecule has 7 heteroatoms. The zero-order valence-corrected chi connectivity index (χ0v) is 16.7. The number of carbonyl (C=O) groups is 1. The van der Waals surface area contributed by atoms with E-state index in [4.69, 9.17) is 0 Å². The largest absolute Gasteiger partial charge is 0.317 e. The molecule has 1 amide bonds. The first-order valence-corrected chi connectivity index (χ1v) is 9.44. The molecule has 1 aliphatic rings. The molecule has 2 aromatic rings. The lowest BCUT2D eigenvalue weighted by atomic mass is 9.97. The first-order chi connectivity index (χ1) is 11.1. The Morgan fingerprint density at radius 1 is 1.42 bits per heavy atom. The van der Waals surface area contributed by atoms with E-state index in [-0.39, 0.29) is 24.2 Å². The van der Waals surface area contributed by atoms with Gasteiger partial charge in [-0.2, -0.15) is 0 Å². The van der Waals surface area contributed by atoms with Crippen molar-refractivity contribution in [3.8, 4) is 0 Å². The SMILES string of the molecule is Cc1cc(Cc2cnc(NC(=O)C3CCNCC3)s2)ccc1Br.Cl. The van der Waals surface area contributed by atoms with E-state index in [1.165, 1.54) is 11.1 Å². The number of halogens is 2. The fourth-order valence-corrected chi connectivity index (χ4v) is 3.85. The lowest BCUT2D eigenvalue weighted by molar-refractivity contribution is -0.120. The first-order valence-electron chi connectivity index (χ1n) is 7.83. The molecule has 0 radical (unpaired) electrons. The minimum Gasteiger partial charge on any atom is -0.317 e. The molecule has 0 bridgehead atoms. The van der Waals surface area contributed by atoms with Gasteiger partial charge in [0.15, 0.2) is 5.13 Å². The van der Waals surface area contributed by atoms with Crippen molar-refractivity contribution in [2.24, 2.45) is 5.92 Å². The second kappa shape index (κ2) is 8.94. The fraction of sp³-hybridized carbons (Fsp3) is 0.412. The second-order valence-corrected chi connectivity index (χ2v) is 7.88. The number of rotatable bonds is 4. The third kappa shape index (κ3) is 5.02. The van der Waals surface area contributed by atoms with Gasteiger partial charge >= 0.3 is 0 Å². The number of amides is 1. The highest BCUT2D eigenvalue weighted by molar-refractivity contribution is 9.10. The van der Waals surface area contributed by atoms with E-state index >= 15 is 0 Å². The van der Waals surface area contributed by atoms with Crippen molar-refractivity contribution in [2.45, 2.75) is 26.2 Å². The van der Waals surface area contributed by atoms with Crippen LogP contribution in [0.1, 0.15) is 28.8 Å². The maximum absolute atomic E-state index is 12.2. The quantitative estimate of drug-likeness (QED) is 0.765. The van der Waals surface area contributed by atoms with E-state index in [0.717, 1.165) is 41.7 Å². The van der Waals surface area contributed by atoms with Gasteiger partial charge in [-0.3, -0.25) is 4.79 Å². The number of benzene rings is 1. The minimum absolute atomic E-state index is 0. The molecule has 0 unspecified atom stereocenters. The van der Waals surface area contributed by atoms with Crippen molar-refractivity contribution in [3.05, 3.63) is 44.9 Å². The van der Waals surface area contributed by atoms with Gasteiger partial charge in [0.2, 0.25) is 5.91 Å². The fourth-order valence-electron chi connectivity index (χ4n) is 2.76. The van der Waals surface area contributed by atoms with Crippen LogP contribution >= 0.6 is 39.7 Å². The van der Waals surface area contributed by atoms with Crippen molar-refractivity contribution in [1.29, 1.82) is 0 Å². The minimum atomic E-state index is 0. The molecule has 1 aliphatic heterocycles. The number of aryl methyl sites for hydroxylation is 1. The van der Waals surface area contributed by atoms with Crippen LogP contribution in [-0.4, -0.2) is 24.0 Å². The van der Waals surface area contributed by atoms with Crippen LogP contribution in [0, 0.1) is 12.8 Å². The number of carbonyl (C=O) groups excluding carboxylic acids is 1. The molecule has 2 heterocycles. The van der Waals surface area contributed by atoms with Crippen molar-refractivity contribution in [1.82, 2.24) is 10.3 Å². The van der Waals surface area contributed by atoms with Crippen molar-refractivity contribution in [3.63, 3.8) is 0 Å². The zero-order valence-electron chi connectivity index (χ0n) is 13.5. The van der Waals surface area contributed by atoms with Crippen LogP contribution in [-0.2, 0) is 11.2 Å². The number of nitrogens with one attached hydrogen (secondary N) is 2. The summed E-state index contributed by atoms with van der Waals surface area (Å²) < 4.78 is 1.13. The highest BCUT2D eigenvalue weighted by atomic mass is 79.9. The van der Waals surface area contributed by atoms with Gasteiger partial charge in [-0.15, -0.1) is 23.7 Å². The van der Waals surface area contributed by atoms with E-state index in [1.807, 2.05) is 6.20 Å².